The third-order valence-electron chi connectivity index (χ3n) is 3.52. The Morgan fingerprint density at radius 2 is 1.28 bits per heavy atom. The van der Waals surface area contributed by atoms with E-state index in [1.165, 1.54) is 0 Å². The normalized spacial score (nSPS) is 14.5. The fourth-order valence-corrected chi connectivity index (χ4v) is 2.75. The molecule has 0 bridgehead atoms. The Morgan fingerprint density at radius 1 is 0.833 bits per heavy atom. The first kappa shape index (κ1) is 11.2. The molecule has 0 spiro atoms. The second-order valence-corrected chi connectivity index (χ2v) is 4.87. The molecule has 0 aliphatic heterocycles. The van der Waals surface area contributed by atoms with Crippen LogP contribution in [0.5, 0.6) is 0 Å². The summed E-state index contributed by atoms with van der Waals surface area (Å²) in [5.41, 5.74) is 3.86. The van der Waals surface area contributed by atoms with Crippen LogP contribution in [0.4, 0.5) is 0 Å². The van der Waals surface area contributed by atoms with Crippen molar-refractivity contribution in [1.29, 1.82) is 0 Å². The Labute approximate surface area is 107 Å². The van der Waals surface area contributed by atoms with E-state index in [0.717, 1.165) is 22.3 Å². The van der Waals surface area contributed by atoms with Crippen LogP contribution in [-0.2, 0) is 0 Å². The molecule has 0 saturated heterocycles. The first-order chi connectivity index (χ1) is 8.70. The summed E-state index contributed by atoms with van der Waals surface area (Å²) in [4.78, 5) is 14.6. The van der Waals surface area contributed by atoms with Crippen molar-refractivity contribution < 1.29 is 4.79 Å². The zero-order valence-electron chi connectivity index (χ0n) is 10.6. The van der Waals surface area contributed by atoms with Gasteiger partial charge in [-0.1, -0.05) is 48.5 Å². The van der Waals surface area contributed by atoms with E-state index in [1.54, 1.807) is 0 Å². The van der Waals surface area contributed by atoms with Crippen LogP contribution in [0.1, 0.15) is 33.1 Å². The Kier molecular flexibility index (Phi) is 2.53. The quantitative estimate of drug-likeness (QED) is 0.760. The standard InChI is InChI=1S/C16H15NO/c1-17(2)15-11-7-3-5-9-13(11)16(18)14-10-6-4-8-12(14)15/h3-10,15H,1-2H3. The molecular weight excluding hydrogens is 222 g/mol. The number of carbonyl (C=O) groups excluding carboxylic acids is 1. The topological polar surface area (TPSA) is 20.3 Å². The van der Waals surface area contributed by atoms with Gasteiger partial charge in [0.1, 0.15) is 0 Å². The molecule has 18 heavy (non-hydrogen) atoms. The van der Waals surface area contributed by atoms with Crippen LogP contribution in [0.2, 0.25) is 0 Å². The van der Waals surface area contributed by atoms with Crippen molar-refractivity contribution in [3.8, 4) is 0 Å². The maximum absolute atomic E-state index is 12.5. The van der Waals surface area contributed by atoms with Gasteiger partial charge < -0.3 is 0 Å². The summed E-state index contributed by atoms with van der Waals surface area (Å²) in [6.07, 6.45) is 0. The molecule has 0 atom stereocenters. The minimum absolute atomic E-state index is 0.138. The molecule has 0 radical (unpaired) electrons. The van der Waals surface area contributed by atoms with Crippen LogP contribution in [0.3, 0.4) is 0 Å². The van der Waals surface area contributed by atoms with E-state index in [-0.39, 0.29) is 11.8 Å². The molecule has 1 aliphatic carbocycles. The van der Waals surface area contributed by atoms with Gasteiger partial charge in [0.2, 0.25) is 0 Å². The van der Waals surface area contributed by atoms with Crippen LogP contribution >= 0.6 is 0 Å². The van der Waals surface area contributed by atoms with Crippen LogP contribution in [0, 0.1) is 0 Å². The highest BCUT2D eigenvalue weighted by atomic mass is 16.1. The van der Waals surface area contributed by atoms with Gasteiger partial charge in [-0.3, -0.25) is 9.69 Å². The molecular formula is C16H15NO. The van der Waals surface area contributed by atoms with Gasteiger partial charge in [-0.25, -0.2) is 0 Å². The van der Waals surface area contributed by atoms with Crippen molar-refractivity contribution in [2.75, 3.05) is 14.1 Å². The van der Waals surface area contributed by atoms with Gasteiger partial charge in [0.15, 0.2) is 5.78 Å². The predicted molar refractivity (Wildman–Crippen MR) is 71.8 cm³/mol. The first-order valence-corrected chi connectivity index (χ1v) is 6.09. The lowest BCUT2D eigenvalue weighted by atomic mass is 9.81. The molecule has 3 rings (SSSR count). The molecule has 1 aliphatic rings. The SMILES string of the molecule is CN(C)C1c2ccccc2C(=O)c2ccccc21. The highest BCUT2D eigenvalue weighted by molar-refractivity contribution is 6.12. The lowest BCUT2D eigenvalue weighted by molar-refractivity contribution is 0.102. The Hall–Kier alpha value is -1.93. The molecule has 0 saturated carbocycles. The summed E-state index contributed by atoms with van der Waals surface area (Å²) in [5, 5.41) is 0. The van der Waals surface area contributed by atoms with Crippen molar-refractivity contribution in [2.24, 2.45) is 0 Å². The largest absolute Gasteiger partial charge is 0.299 e. The molecule has 2 aromatic carbocycles. The van der Waals surface area contributed by atoms with E-state index in [2.05, 4.69) is 4.90 Å². The number of ketones is 1. The number of fused-ring (bicyclic) bond motifs is 2. The minimum atomic E-state index is 0.138. The summed E-state index contributed by atoms with van der Waals surface area (Å²) in [5.74, 6) is 0.138. The Bertz CT molecular complexity index is 566. The van der Waals surface area contributed by atoms with Gasteiger partial charge in [0.25, 0.3) is 0 Å². The number of benzene rings is 2. The molecule has 0 unspecified atom stereocenters. The first-order valence-electron chi connectivity index (χ1n) is 6.09. The van der Waals surface area contributed by atoms with Crippen LogP contribution in [-0.4, -0.2) is 24.8 Å². The summed E-state index contributed by atoms with van der Waals surface area (Å²) in [6.45, 7) is 0. The fourth-order valence-electron chi connectivity index (χ4n) is 2.75. The Balaban J connectivity index is 2.30. The van der Waals surface area contributed by atoms with E-state index < -0.39 is 0 Å². The summed E-state index contributed by atoms with van der Waals surface area (Å²) in [7, 11) is 4.10. The molecule has 0 amide bonds. The van der Waals surface area contributed by atoms with Crippen LogP contribution in [0.25, 0.3) is 0 Å². The highest BCUT2D eigenvalue weighted by Crippen LogP contribution is 2.37. The maximum atomic E-state index is 12.5. The Morgan fingerprint density at radius 3 is 1.72 bits per heavy atom. The molecule has 2 nitrogen and oxygen atoms in total. The number of rotatable bonds is 1. The monoisotopic (exact) mass is 237 g/mol. The zero-order valence-corrected chi connectivity index (χ0v) is 10.6. The van der Waals surface area contributed by atoms with Gasteiger partial charge in [-0.05, 0) is 25.2 Å². The van der Waals surface area contributed by atoms with Crippen molar-refractivity contribution >= 4 is 5.78 Å². The third-order valence-corrected chi connectivity index (χ3v) is 3.52. The average Bonchev–Trinajstić information content (AvgIpc) is 2.39. The van der Waals surface area contributed by atoms with Crippen LogP contribution in [0.15, 0.2) is 48.5 Å². The van der Waals surface area contributed by atoms with E-state index in [1.807, 2.05) is 62.6 Å². The van der Waals surface area contributed by atoms with Crippen LogP contribution < -0.4 is 0 Å². The van der Waals surface area contributed by atoms with Crippen molar-refractivity contribution in [2.45, 2.75) is 6.04 Å². The van der Waals surface area contributed by atoms with E-state index in [9.17, 15) is 4.79 Å². The number of hydrogen-bond acceptors (Lipinski definition) is 2. The van der Waals surface area contributed by atoms with E-state index in [0.29, 0.717) is 0 Å². The smallest absolute Gasteiger partial charge is 0.193 e. The van der Waals surface area contributed by atoms with Crippen molar-refractivity contribution in [3.05, 3.63) is 70.8 Å². The molecule has 90 valence electrons. The third kappa shape index (κ3) is 1.50. The van der Waals surface area contributed by atoms with Gasteiger partial charge in [-0.2, -0.15) is 0 Å². The second-order valence-electron chi connectivity index (χ2n) is 4.87. The number of carbonyl (C=O) groups is 1. The molecule has 0 fully saturated rings. The predicted octanol–water partition coefficient (Wildman–Crippen LogP) is 2.88. The number of hydrogen-bond donors (Lipinski definition) is 0. The maximum Gasteiger partial charge on any atom is 0.193 e. The minimum Gasteiger partial charge on any atom is -0.299 e. The fraction of sp³-hybridized carbons (Fsp3) is 0.188. The second kappa shape index (κ2) is 4.07. The van der Waals surface area contributed by atoms with E-state index >= 15 is 0 Å². The van der Waals surface area contributed by atoms with Crippen molar-refractivity contribution in [3.63, 3.8) is 0 Å². The lowest BCUT2D eigenvalue weighted by Gasteiger charge is -2.32. The lowest BCUT2D eigenvalue weighted by Crippen LogP contribution is -2.28. The molecule has 2 aromatic rings. The zero-order chi connectivity index (χ0) is 12.7. The highest BCUT2D eigenvalue weighted by Gasteiger charge is 2.31. The molecule has 0 N–H and O–H groups in total. The molecule has 0 aromatic heterocycles. The summed E-state index contributed by atoms with van der Waals surface area (Å²) >= 11 is 0. The van der Waals surface area contributed by atoms with Crippen molar-refractivity contribution in [1.82, 2.24) is 4.90 Å². The average molecular weight is 237 g/mol. The summed E-state index contributed by atoms with van der Waals surface area (Å²) in [6, 6.07) is 16.0. The van der Waals surface area contributed by atoms with Gasteiger partial charge >= 0.3 is 0 Å². The van der Waals surface area contributed by atoms with Gasteiger partial charge in [0.05, 0.1) is 6.04 Å². The molecule has 2 heteroatoms. The van der Waals surface area contributed by atoms with E-state index in [4.69, 9.17) is 0 Å². The van der Waals surface area contributed by atoms with Gasteiger partial charge in [-0.15, -0.1) is 0 Å². The molecule has 0 heterocycles. The summed E-state index contributed by atoms with van der Waals surface area (Å²) < 4.78 is 0. The number of nitrogens with zero attached hydrogens (tertiary/aromatic N) is 1. The van der Waals surface area contributed by atoms with Gasteiger partial charge in [0, 0.05) is 11.1 Å².